The van der Waals surface area contributed by atoms with Crippen LogP contribution in [0.3, 0.4) is 0 Å². The summed E-state index contributed by atoms with van der Waals surface area (Å²) in [6.45, 7) is 8.91. The van der Waals surface area contributed by atoms with E-state index in [0.29, 0.717) is 0 Å². The molecule has 1 amide bonds. The maximum absolute atomic E-state index is 12.3. The van der Waals surface area contributed by atoms with Crippen LogP contribution in [-0.2, 0) is 26.6 Å². The molecule has 0 aliphatic carbocycles. The Morgan fingerprint density at radius 2 is 1.86 bits per heavy atom. The summed E-state index contributed by atoms with van der Waals surface area (Å²) in [5.74, 6) is 0.0466. The average Bonchev–Trinajstić information content (AvgIpc) is 2.70. The smallest absolute Gasteiger partial charge is 0.244 e. The highest BCUT2D eigenvalue weighted by atomic mass is 32.2. The fraction of sp³-hybridized carbons (Fsp3) is 0.714. The molecule has 0 saturated carbocycles. The number of sulfone groups is 1. The number of nitrogens with zero attached hydrogens (tertiary/aromatic N) is 3. The lowest BCUT2D eigenvalue weighted by molar-refractivity contribution is -0.131. The van der Waals surface area contributed by atoms with Crippen LogP contribution in [0.4, 0.5) is 0 Å². The SMILES string of the molecule is Cc1cc(C(C)(C)C)nn1CC(=O)N1CCS(=O)(=O)CC1. The molecule has 0 bridgehead atoms. The molecular weight excluding hydrogens is 290 g/mol. The number of rotatable bonds is 2. The number of hydrogen-bond donors (Lipinski definition) is 0. The molecule has 2 heterocycles. The highest BCUT2D eigenvalue weighted by Crippen LogP contribution is 2.21. The van der Waals surface area contributed by atoms with Gasteiger partial charge in [0.25, 0.3) is 0 Å². The van der Waals surface area contributed by atoms with Gasteiger partial charge in [0.2, 0.25) is 5.91 Å². The third-order valence-corrected chi connectivity index (χ3v) is 5.34. The van der Waals surface area contributed by atoms with Gasteiger partial charge in [0.05, 0.1) is 17.2 Å². The minimum atomic E-state index is -2.96. The lowest BCUT2D eigenvalue weighted by Crippen LogP contribution is -2.45. The van der Waals surface area contributed by atoms with Crippen molar-refractivity contribution >= 4 is 15.7 Å². The summed E-state index contributed by atoms with van der Waals surface area (Å²) >= 11 is 0. The molecule has 21 heavy (non-hydrogen) atoms. The van der Waals surface area contributed by atoms with Crippen molar-refractivity contribution in [2.75, 3.05) is 24.6 Å². The van der Waals surface area contributed by atoms with E-state index in [1.54, 1.807) is 9.58 Å². The van der Waals surface area contributed by atoms with Gasteiger partial charge in [-0.25, -0.2) is 8.42 Å². The summed E-state index contributed by atoms with van der Waals surface area (Å²) in [5.41, 5.74) is 1.84. The van der Waals surface area contributed by atoms with E-state index in [9.17, 15) is 13.2 Å². The second-order valence-electron chi connectivity index (χ2n) is 6.61. The predicted octanol–water partition coefficient (Wildman–Crippen LogP) is 0.746. The highest BCUT2D eigenvalue weighted by Gasteiger charge is 2.26. The van der Waals surface area contributed by atoms with E-state index >= 15 is 0 Å². The first-order valence-electron chi connectivity index (χ1n) is 7.12. The number of hydrogen-bond acceptors (Lipinski definition) is 4. The van der Waals surface area contributed by atoms with Gasteiger partial charge < -0.3 is 4.90 Å². The summed E-state index contributed by atoms with van der Waals surface area (Å²) < 4.78 is 24.5. The van der Waals surface area contributed by atoms with Crippen LogP contribution in [0, 0.1) is 6.92 Å². The number of aromatic nitrogens is 2. The Morgan fingerprint density at radius 3 is 2.33 bits per heavy atom. The molecule has 1 aromatic rings. The second kappa shape index (κ2) is 5.44. The van der Waals surface area contributed by atoms with Gasteiger partial charge in [-0.3, -0.25) is 9.48 Å². The van der Waals surface area contributed by atoms with E-state index in [0.717, 1.165) is 11.4 Å². The molecule has 0 unspecified atom stereocenters. The van der Waals surface area contributed by atoms with Crippen molar-refractivity contribution in [2.24, 2.45) is 0 Å². The normalized spacial score (nSPS) is 18.8. The van der Waals surface area contributed by atoms with Crippen molar-refractivity contribution in [3.8, 4) is 0 Å². The van der Waals surface area contributed by atoms with Crippen molar-refractivity contribution < 1.29 is 13.2 Å². The van der Waals surface area contributed by atoms with E-state index in [-0.39, 0.29) is 42.5 Å². The van der Waals surface area contributed by atoms with Crippen molar-refractivity contribution in [3.63, 3.8) is 0 Å². The van der Waals surface area contributed by atoms with Gasteiger partial charge in [0, 0.05) is 24.2 Å². The molecular formula is C14H23N3O3S. The lowest BCUT2D eigenvalue weighted by atomic mass is 9.92. The van der Waals surface area contributed by atoms with E-state index in [1.807, 2.05) is 13.0 Å². The molecule has 6 nitrogen and oxygen atoms in total. The summed E-state index contributed by atoms with van der Waals surface area (Å²) in [6, 6.07) is 1.99. The zero-order chi connectivity index (χ0) is 15.8. The van der Waals surface area contributed by atoms with Gasteiger partial charge >= 0.3 is 0 Å². The molecule has 2 rings (SSSR count). The topological polar surface area (TPSA) is 72.3 Å². The Balaban J connectivity index is 2.05. The molecule has 0 aromatic carbocycles. The van der Waals surface area contributed by atoms with Crippen LogP contribution in [-0.4, -0.2) is 53.6 Å². The zero-order valence-corrected chi connectivity index (χ0v) is 13.9. The average molecular weight is 313 g/mol. The third kappa shape index (κ3) is 3.84. The molecule has 0 N–H and O–H groups in total. The first kappa shape index (κ1) is 16.0. The molecule has 1 saturated heterocycles. The van der Waals surface area contributed by atoms with Gasteiger partial charge in [-0.1, -0.05) is 20.8 Å². The van der Waals surface area contributed by atoms with Gasteiger partial charge in [-0.2, -0.15) is 5.10 Å². The minimum Gasteiger partial charge on any atom is -0.339 e. The minimum absolute atomic E-state index is 0.0573. The highest BCUT2D eigenvalue weighted by molar-refractivity contribution is 7.91. The van der Waals surface area contributed by atoms with E-state index in [4.69, 9.17) is 0 Å². The number of carbonyl (C=O) groups excluding carboxylic acids is 1. The Bertz CT molecular complexity index is 627. The van der Waals surface area contributed by atoms with Crippen LogP contribution < -0.4 is 0 Å². The quantitative estimate of drug-likeness (QED) is 0.807. The maximum Gasteiger partial charge on any atom is 0.244 e. The molecule has 1 aliphatic rings. The van der Waals surface area contributed by atoms with Gasteiger partial charge in [0.1, 0.15) is 6.54 Å². The first-order chi connectivity index (χ1) is 9.58. The largest absolute Gasteiger partial charge is 0.339 e. The van der Waals surface area contributed by atoms with E-state index in [1.165, 1.54) is 0 Å². The Labute approximate surface area is 126 Å². The fourth-order valence-corrected chi connectivity index (χ4v) is 3.43. The summed E-state index contributed by atoms with van der Waals surface area (Å²) in [7, 11) is -2.96. The van der Waals surface area contributed by atoms with Crippen molar-refractivity contribution in [1.82, 2.24) is 14.7 Å². The van der Waals surface area contributed by atoms with Crippen LogP contribution >= 0.6 is 0 Å². The molecule has 0 radical (unpaired) electrons. The standard InChI is InChI=1S/C14H23N3O3S/c1-11-9-12(14(2,3)4)15-17(11)10-13(18)16-5-7-21(19,20)8-6-16/h9H,5-8,10H2,1-4H3. The number of aryl methyl sites for hydroxylation is 1. The van der Waals surface area contributed by atoms with Crippen LogP contribution in [0.5, 0.6) is 0 Å². The zero-order valence-electron chi connectivity index (χ0n) is 13.1. The number of carbonyl (C=O) groups is 1. The lowest BCUT2D eigenvalue weighted by Gasteiger charge is -2.26. The van der Waals surface area contributed by atoms with Gasteiger partial charge in [-0.15, -0.1) is 0 Å². The maximum atomic E-state index is 12.3. The summed E-state index contributed by atoms with van der Waals surface area (Å²) in [5, 5.41) is 4.50. The van der Waals surface area contributed by atoms with Crippen LogP contribution in [0.25, 0.3) is 0 Å². The van der Waals surface area contributed by atoms with Crippen LogP contribution in [0.15, 0.2) is 6.07 Å². The van der Waals surface area contributed by atoms with Gasteiger partial charge in [-0.05, 0) is 13.0 Å². The van der Waals surface area contributed by atoms with Gasteiger partial charge in [0.15, 0.2) is 9.84 Å². The van der Waals surface area contributed by atoms with Crippen molar-refractivity contribution in [1.29, 1.82) is 0 Å². The summed E-state index contributed by atoms with van der Waals surface area (Å²) in [6.07, 6.45) is 0. The molecule has 1 aliphatic heterocycles. The summed E-state index contributed by atoms with van der Waals surface area (Å²) in [4.78, 5) is 13.9. The molecule has 1 fully saturated rings. The molecule has 0 atom stereocenters. The van der Waals surface area contributed by atoms with Crippen LogP contribution in [0.2, 0.25) is 0 Å². The molecule has 1 aromatic heterocycles. The molecule has 7 heteroatoms. The van der Waals surface area contributed by atoms with Crippen molar-refractivity contribution in [3.05, 3.63) is 17.5 Å². The second-order valence-corrected chi connectivity index (χ2v) is 8.91. The van der Waals surface area contributed by atoms with E-state index in [2.05, 4.69) is 25.9 Å². The van der Waals surface area contributed by atoms with Crippen LogP contribution in [0.1, 0.15) is 32.2 Å². The molecule has 0 spiro atoms. The molecule has 118 valence electrons. The Kier molecular flexibility index (Phi) is 4.15. The van der Waals surface area contributed by atoms with E-state index < -0.39 is 9.84 Å². The monoisotopic (exact) mass is 313 g/mol. The van der Waals surface area contributed by atoms with Crippen molar-refractivity contribution in [2.45, 2.75) is 39.7 Å². The fourth-order valence-electron chi connectivity index (χ4n) is 2.23. The first-order valence-corrected chi connectivity index (χ1v) is 8.94. The Morgan fingerprint density at radius 1 is 1.29 bits per heavy atom. The number of amides is 1. The Hall–Kier alpha value is -1.37. The third-order valence-electron chi connectivity index (χ3n) is 3.73. The predicted molar refractivity (Wildman–Crippen MR) is 80.9 cm³/mol.